The Morgan fingerprint density at radius 2 is 1.65 bits per heavy atom. The van der Waals surface area contributed by atoms with E-state index in [1.165, 1.54) is 21.0 Å². The number of fused-ring (bicyclic) bond motifs is 1. The fraction of sp³-hybridized carbons (Fsp3) is 0.719. The molecule has 0 aliphatic carbocycles. The zero-order valence-electron chi connectivity index (χ0n) is 30.0. The van der Waals surface area contributed by atoms with Gasteiger partial charge in [-0.1, -0.05) is 54.5 Å². The maximum Gasteiger partial charge on any atom is 0.342 e. The number of rotatable bonds is 16. The lowest BCUT2D eigenvalue weighted by molar-refractivity contribution is -0.146. The van der Waals surface area contributed by atoms with Gasteiger partial charge in [0.25, 0.3) is 0 Å². The van der Waals surface area contributed by atoms with E-state index < -0.39 is 49.4 Å². The minimum atomic E-state index is -4.09. The molecule has 0 saturated carbocycles. The molecular weight excluding hydrogens is 641 g/mol. The van der Waals surface area contributed by atoms with E-state index in [4.69, 9.17) is 29.2 Å². The lowest BCUT2D eigenvalue weighted by atomic mass is 9.85. The number of anilines is 1. The van der Waals surface area contributed by atoms with Crippen molar-refractivity contribution >= 4 is 36.7 Å². The van der Waals surface area contributed by atoms with Crippen LogP contribution in [0.5, 0.6) is 5.88 Å². The average molecular weight is 696 g/mol. The van der Waals surface area contributed by atoms with E-state index in [-0.39, 0.29) is 42.5 Å². The Labute approximate surface area is 283 Å². The number of nitrogens with one attached hydrogen (secondary N) is 2. The van der Waals surface area contributed by atoms with Crippen molar-refractivity contribution in [3.63, 3.8) is 0 Å². The van der Waals surface area contributed by atoms with Gasteiger partial charge in [-0.2, -0.15) is 9.97 Å². The number of nitrogen functional groups attached to an aromatic ring is 1. The fourth-order valence-corrected chi connectivity index (χ4v) is 6.77. The number of imidazole rings is 1. The second kappa shape index (κ2) is 15.6. The van der Waals surface area contributed by atoms with Crippen molar-refractivity contribution in [2.24, 2.45) is 16.2 Å². The first-order valence-electron chi connectivity index (χ1n) is 16.2. The van der Waals surface area contributed by atoms with E-state index >= 15 is 0 Å². The maximum absolute atomic E-state index is 14.3. The number of methoxy groups -OCH3 is 1. The molecule has 1 fully saturated rings. The van der Waals surface area contributed by atoms with Crippen molar-refractivity contribution in [3.05, 3.63) is 19.0 Å². The molecule has 2 aromatic heterocycles. The molecule has 4 N–H and O–H groups in total. The van der Waals surface area contributed by atoms with Crippen molar-refractivity contribution in [2.45, 2.75) is 106 Å². The van der Waals surface area contributed by atoms with Crippen LogP contribution in [0.25, 0.3) is 11.2 Å². The molecule has 1 aliphatic heterocycles. The maximum atomic E-state index is 14.3. The van der Waals surface area contributed by atoms with Gasteiger partial charge in [0.2, 0.25) is 11.8 Å². The molecule has 5 unspecified atom stereocenters. The first-order chi connectivity index (χ1) is 22.2. The summed E-state index contributed by atoms with van der Waals surface area (Å²) in [5.41, 5.74) is 6.04. The Morgan fingerprint density at radius 1 is 1.10 bits per heavy atom. The van der Waals surface area contributed by atoms with E-state index in [2.05, 4.69) is 31.7 Å². The first-order valence-corrected chi connectivity index (χ1v) is 17.8. The molecule has 5 atom stereocenters. The van der Waals surface area contributed by atoms with Gasteiger partial charge < -0.3 is 29.2 Å². The number of nitrogens with zero attached hydrogens (tertiary/aromatic N) is 4. The normalized spacial score (nSPS) is 22.5. The lowest BCUT2D eigenvalue weighted by Crippen LogP contribution is -2.43. The summed E-state index contributed by atoms with van der Waals surface area (Å²) in [6.07, 6.45) is 3.83. The molecule has 2 aromatic rings. The standard InChI is InChI=1S/C32H54N7O8P/c1-12-32(10)17-22(47-28(32)39-19-34-23-24(39)35-29(33)36-25(23)43-11)18-46-48(42,37-20(2)26(40)44-15-13-30(4,5)6)38-21(3)27(41)45-16-14-31(7,8)9/h12,19-22,28H,1,13-18H2,2-11H3,(H2,33,35,36)(H2,37,38,42). The van der Waals surface area contributed by atoms with E-state index in [0.29, 0.717) is 30.4 Å². The van der Waals surface area contributed by atoms with Gasteiger partial charge in [0.05, 0.1) is 39.4 Å². The molecule has 0 aromatic carbocycles. The summed E-state index contributed by atoms with van der Waals surface area (Å²) < 4.78 is 44.6. The Bertz CT molecular complexity index is 1440. The largest absolute Gasteiger partial charge is 0.479 e. The quantitative estimate of drug-likeness (QED) is 0.122. The first kappa shape index (κ1) is 39.3. The Morgan fingerprint density at radius 3 is 2.12 bits per heavy atom. The van der Waals surface area contributed by atoms with Crippen LogP contribution in [0, 0.1) is 16.2 Å². The van der Waals surface area contributed by atoms with Crippen LogP contribution in [-0.4, -0.2) is 76.6 Å². The highest BCUT2D eigenvalue weighted by atomic mass is 31.2. The van der Waals surface area contributed by atoms with Gasteiger partial charge in [-0.15, -0.1) is 6.58 Å². The molecule has 0 amide bonds. The topological polar surface area (TPSA) is 191 Å². The van der Waals surface area contributed by atoms with Crippen LogP contribution < -0.4 is 20.6 Å². The molecule has 16 heteroatoms. The summed E-state index contributed by atoms with van der Waals surface area (Å²) in [6, 6.07) is -2.05. The van der Waals surface area contributed by atoms with E-state index in [1.807, 2.05) is 48.5 Å². The third kappa shape index (κ3) is 10.7. The number of esters is 2. The zero-order valence-corrected chi connectivity index (χ0v) is 30.9. The number of carbonyl (C=O) groups is 2. The highest BCUT2D eigenvalue weighted by molar-refractivity contribution is 7.54. The Hall–Kier alpha value is -3.10. The smallest absolute Gasteiger partial charge is 0.342 e. The zero-order chi connectivity index (χ0) is 36.1. The number of hydrogen-bond donors (Lipinski definition) is 3. The highest BCUT2D eigenvalue weighted by Crippen LogP contribution is 2.49. The van der Waals surface area contributed by atoms with Crippen LogP contribution in [0.3, 0.4) is 0 Å². The highest BCUT2D eigenvalue weighted by Gasteiger charge is 2.46. The average Bonchev–Trinajstić information content (AvgIpc) is 3.54. The number of carbonyl (C=O) groups excluding carboxylic acids is 2. The summed E-state index contributed by atoms with van der Waals surface area (Å²) in [6.45, 7) is 21.5. The summed E-state index contributed by atoms with van der Waals surface area (Å²) in [5.74, 6) is -0.977. The minimum absolute atomic E-state index is 0.00878. The van der Waals surface area contributed by atoms with Crippen molar-refractivity contribution < 1.29 is 37.6 Å². The van der Waals surface area contributed by atoms with Gasteiger partial charge in [-0.25, -0.2) is 15.2 Å². The molecule has 0 bridgehead atoms. The predicted octanol–water partition coefficient (Wildman–Crippen LogP) is 4.94. The monoisotopic (exact) mass is 695 g/mol. The summed E-state index contributed by atoms with van der Waals surface area (Å²) >= 11 is 0. The van der Waals surface area contributed by atoms with E-state index in [0.717, 1.165) is 0 Å². The van der Waals surface area contributed by atoms with Crippen LogP contribution in [-0.2, 0) is 32.9 Å². The lowest BCUT2D eigenvalue weighted by Gasteiger charge is -2.27. The Kier molecular flexibility index (Phi) is 12.8. The molecule has 1 aliphatic rings. The van der Waals surface area contributed by atoms with Crippen LogP contribution >= 0.6 is 7.67 Å². The molecule has 15 nitrogen and oxygen atoms in total. The molecule has 0 spiro atoms. The Balaban J connectivity index is 1.79. The van der Waals surface area contributed by atoms with Crippen LogP contribution in [0.15, 0.2) is 19.0 Å². The third-order valence-corrected chi connectivity index (χ3v) is 9.91. The second-order valence-corrected chi connectivity index (χ2v) is 16.8. The fourth-order valence-electron chi connectivity index (χ4n) is 4.94. The minimum Gasteiger partial charge on any atom is -0.479 e. The number of ether oxygens (including phenoxy) is 4. The van der Waals surface area contributed by atoms with Crippen LogP contribution in [0.2, 0.25) is 0 Å². The van der Waals surface area contributed by atoms with E-state index in [1.54, 1.807) is 17.0 Å². The van der Waals surface area contributed by atoms with Gasteiger partial charge in [-0.3, -0.25) is 18.7 Å². The predicted molar refractivity (Wildman–Crippen MR) is 182 cm³/mol. The van der Waals surface area contributed by atoms with Crippen molar-refractivity contribution in [2.75, 3.05) is 32.7 Å². The van der Waals surface area contributed by atoms with Gasteiger partial charge in [-0.05, 0) is 43.9 Å². The molecule has 0 radical (unpaired) electrons. The molecule has 1 saturated heterocycles. The SMILES string of the molecule is C=CC1(C)CC(COP(=O)(NC(C)C(=O)OCCC(C)(C)C)NC(C)C(=O)OCCC(C)(C)C)OC1n1cnc2c(OC)nc(N)nc21. The second-order valence-electron chi connectivity index (χ2n) is 14.9. The molecule has 3 heterocycles. The molecule has 48 heavy (non-hydrogen) atoms. The molecular formula is C32H54N7O8P. The summed E-state index contributed by atoms with van der Waals surface area (Å²) in [7, 11) is -2.62. The van der Waals surface area contributed by atoms with Crippen LogP contribution in [0.4, 0.5) is 5.95 Å². The van der Waals surface area contributed by atoms with Crippen LogP contribution in [0.1, 0.15) is 87.8 Å². The van der Waals surface area contributed by atoms with Crippen molar-refractivity contribution in [3.8, 4) is 5.88 Å². The number of aromatic nitrogens is 4. The van der Waals surface area contributed by atoms with Gasteiger partial charge in [0, 0.05) is 5.41 Å². The van der Waals surface area contributed by atoms with E-state index in [9.17, 15) is 14.2 Å². The van der Waals surface area contributed by atoms with Gasteiger partial charge >= 0.3 is 19.6 Å². The molecule has 3 rings (SSSR count). The van der Waals surface area contributed by atoms with Crippen molar-refractivity contribution in [1.29, 1.82) is 0 Å². The molecule has 270 valence electrons. The third-order valence-electron chi connectivity index (χ3n) is 7.94. The van der Waals surface area contributed by atoms with Gasteiger partial charge in [0.1, 0.15) is 18.3 Å². The van der Waals surface area contributed by atoms with Crippen molar-refractivity contribution in [1.82, 2.24) is 29.7 Å². The van der Waals surface area contributed by atoms with Gasteiger partial charge in [0.15, 0.2) is 11.2 Å². The number of nitrogens with two attached hydrogens (primary N) is 1. The summed E-state index contributed by atoms with van der Waals surface area (Å²) in [5, 5.41) is 5.50. The number of hydrogen-bond acceptors (Lipinski definition) is 12. The summed E-state index contributed by atoms with van der Waals surface area (Å²) in [4.78, 5) is 38.5.